The molecule has 1 heterocycles. The van der Waals surface area contributed by atoms with E-state index in [1.165, 1.54) is 35.7 Å². The molecule has 0 aromatic heterocycles. The lowest BCUT2D eigenvalue weighted by atomic mass is 10.0. The van der Waals surface area contributed by atoms with Crippen molar-refractivity contribution < 1.29 is 23.1 Å². The van der Waals surface area contributed by atoms with Gasteiger partial charge in [-0.15, -0.1) is 0 Å². The second-order valence-corrected chi connectivity index (χ2v) is 8.52. The number of aliphatic carboxylic acids is 1. The molecule has 1 unspecified atom stereocenters. The number of methoxy groups -OCH3 is 1. The van der Waals surface area contributed by atoms with E-state index in [9.17, 15) is 13.2 Å². The van der Waals surface area contributed by atoms with Crippen molar-refractivity contribution in [3.63, 3.8) is 0 Å². The highest BCUT2D eigenvalue weighted by molar-refractivity contribution is 7.92. The number of benzene rings is 2. The summed E-state index contributed by atoms with van der Waals surface area (Å²) in [5.41, 5.74) is 1.12. The molecular formula is C18H15Cl2NO5S. The first kappa shape index (κ1) is 19.5. The zero-order valence-corrected chi connectivity index (χ0v) is 16.4. The maximum absolute atomic E-state index is 13.2. The summed E-state index contributed by atoms with van der Waals surface area (Å²) >= 11 is 11.9. The zero-order valence-electron chi connectivity index (χ0n) is 14.1. The molecule has 0 saturated heterocycles. The van der Waals surface area contributed by atoms with E-state index >= 15 is 0 Å². The van der Waals surface area contributed by atoms with Crippen LogP contribution in [0.4, 0.5) is 5.69 Å². The Morgan fingerprint density at radius 1 is 1.22 bits per heavy atom. The van der Waals surface area contributed by atoms with E-state index in [1.54, 1.807) is 18.2 Å². The van der Waals surface area contributed by atoms with Crippen LogP contribution in [0.2, 0.25) is 10.0 Å². The van der Waals surface area contributed by atoms with Crippen LogP contribution < -0.4 is 9.04 Å². The van der Waals surface area contributed by atoms with Crippen molar-refractivity contribution in [1.82, 2.24) is 0 Å². The Balaban J connectivity index is 2.09. The maximum Gasteiger partial charge on any atom is 0.327 e. The van der Waals surface area contributed by atoms with Crippen molar-refractivity contribution in [3.05, 3.63) is 64.2 Å². The number of nitrogens with zero attached hydrogens (tertiary/aromatic N) is 1. The number of anilines is 1. The molecule has 6 nitrogen and oxygen atoms in total. The second kappa shape index (κ2) is 7.42. The van der Waals surface area contributed by atoms with Crippen LogP contribution in [0.15, 0.2) is 53.4 Å². The molecule has 0 amide bonds. The quantitative estimate of drug-likeness (QED) is 0.730. The summed E-state index contributed by atoms with van der Waals surface area (Å²) in [5, 5.41) is 9.30. The van der Waals surface area contributed by atoms with Gasteiger partial charge in [0.1, 0.15) is 5.75 Å². The highest BCUT2D eigenvalue weighted by atomic mass is 35.5. The Morgan fingerprint density at radius 2 is 1.96 bits per heavy atom. The number of hydrogen-bond donors (Lipinski definition) is 1. The van der Waals surface area contributed by atoms with Crippen molar-refractivity contribution in [3.8, 4) is 5.75 Å². The number of ether oxygens (including phenoxy) is 1. The minimum atomic E-state index is -3.91. The van der Waals surface area contributed by atoms with Gasteiger partial charge in [0.15, 0.2) is 0 Å². The third-order valence-electron chi connectivity index (χ3n) is 4.22. The normalized spacial score (nSPS) is 16.6. The fourth-order valence-electron chi connectivity index (χ4n) is 2.91. The largest absolute Gasteiger partial charge is 0.497 e. The number of halogens is 2. The van der Waals surface area contributed by atoms with E-state index in [2.05, 4.69) is 0 Å². The van der Waals surface area contributed by atoms with Crippen molar-refractivity contribution in [2.45, 2.75) is 10.8 Å². The van der Waals surface area contributed by atoms with Gasteiger partial charge >= 0.3 is 5.97 Å². The van der Waals surface area contributed by atoms with Gasteiger partial charge in [-0.05, 0) is 42.0 Å². The molecular weight excluding hydrogens is 413 g/mol. The molecule has 0 saturated carbocycles. The molecule has 0 radical (unpaired) electrons. The Bertz CT molecular complexity index is 1040. The van der Waals surface area contributed by atoms with Gasteiger partial charge in [0.2, 0.25) is 0 Å². The summed E-state index contributed by atoms with van der Waals surface area (Å²) < 4.78 is 32.7. The van der Waals surface area contributed by atoms with E-state index in [4.69, 9.17) is 33.0 Å². The smallest absolute Gasteiger partial charge is 0.327 e. The van der Waals surface area contributed by atoms with Crippen molar-refractivity contribution in [2.75, 3.05) is 18.0 Å². The molecule has 142 valence electrons. The molecule has 0 spiro atoms. The van der Waals surface area contributed by atoms with Crippen LogP contribution in [0.5, 0.6) is 5.75 Å². The van der Waals surface area contributed by atoms with Crippen LogP contribution in [0.1, 0.15) is 11.5 Å². The molecule has 27 heavy (non-hydrogen) atoms. The zero-order chi connectivity index (χ0) is 19.8. The van der Waals surface area contributed by atoms with Gasteiger partial charge in [0.25, 0.3) is 10.0 Å². The number of carboxylic acids is 1. The van der Waals surface area contributed by atoms with Crippen LogP contribution in [0.25, 0.3) is 0 Å². The first-order valence-corrected chi connectivity index (χ1v) is 10.0. The van der Waals surface area contributed by atoms with E-state index in [0.29, 0.717) is 17.0 Å². The summed E-state index contributed by atoms with van der Waals surface area (Å²) in [4.78, 5) is 10.9. The van der Waals surface area contributed by atoms with Crippen molar-refractivity contribution in [2.24, 2.45) is 0 Å². The monoisotopic (exact) mass is 427 g/mol. The minimum Gasteiger partial charge on any atom is -0.497 e. The summed E-state index contributed by atoms with van der Waals surface area (Å²) in [5.74, 6) is -0.981. The maximum atomic E-state index is 13.2. The second-order valence-electron chi connectivity index (χ2n) is 5.84. The molecule has 1 N–H and O–H groups in total. The summed E-state index contributed by atoms with van der Waals surface area (Å²) in [6, 6.07) is 9.09. The van der Waals surface area contributed by atoms with Gasteiger partial charge in [0, 0.05) is 18.5 Å². The predicted molar refractivity (Wildman–Crippen MR) is 104 cm³/mol. The first-order chi connectivity index (χ1) is 12.7. The standard InChI is InChI=1S/C18H15Cl2NO5S/c1-26-12-3-6-17-14(8-12)11(2-7-18(22)23)10-21(17)27(24,25)13-4-5-15(19)16(20)9-13/h2-9,11H,10H2,1H3,(H,22,23)/b7-2+. The lowest BCUT2D eigenvalue weighted by Gasteiger charge is -2.20. The first-order valence-electron chi connectivity index (χ1n) is 7.81. The number of carboxylic acid groups (broad SMARTS) is 1. The molecule has 2 aromatic carbocycles. The molecule has 1 atom stereocenters. The lowest BCUT2D eigenvalue weighted by molar-refractivity contribution is -0.131. The van der Waals surface area contributed by atoms with Crippen molar-refractivity contribution in [1.29, 1.82) is 0 Å². The molecule has 0 bridgehead atoms. The molecule has 2 aromatic rings. The molecule has 1 aliphatic rings. The Kier molecular flexibility index (Phi) is 5.37. The fraction of sp³-hybridized carbons (Fsp3) is 0.167. The number of hydrogen-bond acceptors (Lipinski definition) is 4. The van der Waals surface area contributed by atoms with Crippen LogP contribution in [0.3, 0.4) is 0 Å². The molecule has 1 aliphatic heterocycles. The van der Waals surface area contributed by atoms with Gasteiger partial charge in [-0.1, -0.05) is 29.3 Å². The Morgan fingerprint density at radius 3 is 2.59 bits per heavy atom. The van der Waals surface area contributed by atoms with Gasteiger partial charge < -0.3 is 9.84 Å². The molecule has 0 aliphatic carbocycles. The van der Waals surface area contributed by atoms with E-state index in [-0.39, 0.29) is 21.5 Å². The summed E-state index contributed by atoms with van der Waals surface area (Å²) in [6.45, 7) is 0.0643. The summed E-state index contributed by atoms with van der Waals surface area (Å²) in [6.07, 6.45) is 2.47. The molecule has 3 rings (SSSR count). The molecule has 9 heteroatoms. The van der Waals surface area contributed by atoms with Crippen LogP contribution in [-0.2, 0) is 14.8 Å². The summed E-state index contributed by atoms with van der Waals surface area (Å²) in [7, 11) is -2.41. The SMILES string of the molecule is COc1ccc2c(c1)C(/C=C/C(=O)O)CN2S(=O)(=O)c1ccc(Cl)c(Cl)c1. The Labute approximate surface area is 166 Å². The Hall–Kier alpha value is -2.22. The molecule has 0 fully saturated rings. The number of rotatable bonds is 5. The topological polar surface area (TPSA) is 83.9 Å². The van der Waals surface area contributed by atoms with Crippen molar-refractivity contribution >= 4 is 44.9 Å². The van der Waals surface area contributed by atoms with Crippen LogP contribution in [0, 0.1) is 0 Å². The highest BCUT2D eigenvalue weighted by Crippen LogP contribution is 2.42. The third kappa shape index (κ3) is 3.76. The van der Waals surface area contributed by atoms with E-state index < -0.39 is 21.9 Å². The minimum absolute atomic E-state index is 0.00142. The number of carbonyl (C=O) groups is 1. The van der Waals surface area contributed by atoms with E-state index in [1.807, 2.05) is 0 Å². The average molecular weight is 428 g/mol. The van der Waals surface area contributed by atoms with E-state index in [0.717, 1.165) is 6.08 Å². The van der Waals surface area contributed by atoms with Crippen LogP contribution >= 0.6 is 23.2 Å². The number of fused-ring (bicyclic) bond motifs is 1. The lowest BCUT2D eigenvalue weighted by Crippen LogP contribution is -2.29. The van der Waals surface area contributed by atoms with Gasteiger partial charge in [-0.25, -0.2) is 13.2 Å². The van der Waals surface area contributed by atoms with Gasteiger partial charge in [0.05, 0.1) is 27.7 Å². The third-order valence-corrected chi connectivity index (χ3v) is 6.73. The predicted octanol–water partition coefficient (Wildman–Crippen LogP) is 3.94. The van der Waals surface area contributed by atoms with Crippen LogP contribution in [-0.4, -0.2) is 33.1 Å². The van der Waals surface area contributed by atoms with Gasteiger partial charge in [-0.2, -0.15) is 0 Å². The average Bonchev–Trinajstić information content (AvgIpc) is 3.00. The van der Waals surface area contributed by atoms with Gasteiger partial charge in [-0.3, -0.25) is 4.31 Å². The fourth-order valence-corrected chi connectivity index (χ4v) is 4.82. The highest BCUT2D eigenvalue weighted by Gasteiger charge is 2.36. The number of sulfonamides is 1.